The van der Waals surface area contributed by atoms with E-state index in [-0.39, 0.29) is 11.1 Å². The molecular weight excluding hydrogens is 308 g/mol. The van der Waals surface area contributed by atoms with Crippen molar-refractivity contribution in [3.63, 3.8) is 0 Å². The third-order valence-corrected chi connectivity index (χ3v) is 5.82. The summed E-state index contributed by atoms with van der Waals surface area (Å²) >= 11 is 0. The molecule has 25 heavy (non-hydrogen) atoms. The number of hydrogen-bond donors (Lipinski definition) is 0. The van der Waals surface area contributed by atoms with Gasteiger partial charge < -0.3 is 4.74 Å². The number of benzene rings is 1. The Morgan fingerprint density at radius 3 is 2.04 bits per heavy atom. The maximum absolute atomic E-state index is 6.30. The molecule has 0 atom stereocenters. The van der Waals surface area contributed by atoms with E-state index in [0.29, 0.717) is 6.04 Å². The fourth-order valence-corrected chi connectivity index (χ4v) is 3.60. The van der Waals surface area contributed by atoms with Gasteiger partial charge in [-0.3, -0.25) is 9.80 Å². The molecule has 1 saturated heterocycles. The fourth-order valence-electron chi connectivity index (χ4n) is 3.60. The minimum absolute atomic E-state index is 0.187. The molecule has 0 saturated carbocycles. The Labute approximate surface area is 155 Å². The molecule has 0 spiro atoms. The van der Waals surface area contributed by atoms with Crippen molar-refractivity contribution >= 4 is 0 Å². The lowest BCUT2D eigenvalue weighted by atomic mass is 9.95. The SMILES string of the molecule is Cc1ccc(C(C)(C)OCCC(C)(C)N2CCN(C(C)C)CC2)cc1. The minimum Gasteiger partial charge on any atom is -0.371 e. The smallest absolute Gasteiger partial charge is 0.0875 e. The van der Waals surface area contributed by atoms with Crippen molar-refractivity contribution in [2.45, 2.75) is 72.1 Å². The quantitative estimate of drug-likeness (QED) is 0.726. The topological polar surface area (TPSA) is 15.7 Å². The molecule has 0 bridgehead atoms. The maximum atomic E-state index is 6.30. The predicted octanol–water partition coefficient (Wildman–Crippen LogP) is 4.44. The monoisotopic (exact) mass is 346 g/mol. The molecule has 0 unspecified atom stereocenters. The van der Waals surface area contributed by atoms with Crippen molar-refractivity contribution in [1.29, 1.82) is 0 Å². The van der Waals surface area contributed by atoms with E-state index in [1.54, 1.807) is 0 Å². The van der Waals surface area contributed by atoms with E-state index < -0.39 is 0 Å². The van der Waals surface area contributed by atoms with E-state index in [1.807, 2.05) is 0 Å². The Morgan fingerprint density at radius 1 is 0.960 bits per heavy atom. The van der Waals surface area contributed by atoms with Crippen LogP contribution in [0.2, 0.25) is 0 Å². The van der Waals surface area contributed by atoms with Gasteiger partial charge in [-0.05, 0) is 60.5 Å². The summed E-state index contributed by atoms with van der Waals surface area (Å²) in [6.07, 6.45) is 1.06. The average molecular weight is 347 g/mol. The molecule has 1 aromatic rings. The highest BCUT2D eigenvalue weighted by Gasteiger charge is 2.31. The zero-order valence-corrected chi connectivity index (χ0v) is 17.4. The molecule has 2 rings (SSSR count). The highest BCUT2D eigenvalue weighted by atomic mass is 16.5. The van der Waals surface area contributed by atoms with Crippen molar-refractivity contribution in [1.82, 2.24) is 9.80 Å². The molecule has 1 aromatic carbocycles. The fraction of sp³-hybridized carbons (Fsp3) is 0.727. The second-order valence-electron chi connectivity index (χ2n) is 8.90. The maximum Gasteiger partial charge on any atom is 0.0875 e. The second-order valence-corrected chi connectivity index (χ2v) is 8.90. The van der Waals surface area contributed by atoms with Crippen LogP contribution >= 0.6 is 0 Å². The normalized spacial score (nSPS) is 18.1. The highest BCUT2D eigenvalue weighted by Crippen LogP contribution is 2.27. The van der Waals surface area contributed by atoms with Gasteiger partial charge in [-0.1, -0.05) is 29.8 Å². The number of aryl methyl sites for hydroxylation is 1. The summed E-state index contributed by atoms with van der Waals surface area (Å²) in [4.78, 5) is 5.21. The average Bonchev–Trinajstić information content (AvgIpc) is 2.55. The summed E-state index contributed by atoms with van der Waals surface area (Å²) in [6.45, 7) is 21.2. The van der Waals surface area contributed by atoms with Gasteiger partial charge in [0.15, 0.2) is 0 Å². The molecule has 0 aromatic heterocycles. The van der Waals surface area contributed by atoms with E-state index >= 15 is 0 Å². The highest BCUT2D eigenvalue weighted by molar-refractivity contribution is 5.25. The van der Waals surface area contributed by atoms with Gasteiger partial charge in [0.1, 0.15) is 0 Å². The molecule has 0 N–H and O–H groups in total. The van der Waals surface area contributed by atoms with Gasteiger partial charge in [0.05, 0.1) is 5.60 Å². The van der Waals surface area contributed by atoms with Gasteiger partial charge in [0.2, 0.25) is 0 Å². The van der Waals surface area contributed by atoms with Gasteiger partial charge in [0, 0.05) is 44.4 Å². The lowest BCUT2D eigenvalue weighted by Crippen LogP contribution is -2.56. The summed E-state index contributed by atoms with van der Waals surface area (Å²) in [5.41, 5.74) is 2.50. The first-order valence-corrected chi connectivity index (χ1v) is 9.82. The van der Waals surface area contributed by atoms with Crippen LogP contribution in [-0.2, 0) is 10.3 Å². The molecule has 3 heteroatoms. The van der Waals surface area contributed by atoms with Crippen LogP contribution in [0.3, 0.4) is 0 Å². The summed E-state index contributed by atoms with van der Waals surface area (Å²) < 4.78 is 6.30. The van der Waals surface area contributed by atoms with E-state index in [1.165, 1.54) is 24.2 Å². The van der Waals surface area contributed by atoms with Crippen LogP contribution in [0.25, 0.3) is 0 Å². The van der Waals surface area contributed by atoms with Gasteiger partial charge in [0.25, 0.3) is 0 Å². The third-order valence-electron chi connectivity index (χ3n) is 5.82. The summed E-state index contributed by atoms with van der Waals surface area (Å²) in [6, 6.07) is 9.36. The molecule has 0 amide bonds. The van der Waals surface area contributed by atoms with Crippen LogP contribution in [0, 0.1) is 6.92 Å². The summed E-state index contributed by atoms with van der Waals surface area (Å²) in [7, 11) is 0. The first kappa shape index (κ1) is 20.4. The molecule has 1 fully saturated rings. The first-order chi connectivity index (χ1) is 11.6. The number of nitrogens with zero attached hydrogens (tertiary/aromatic N) is 2. The Bertz CT molecular complexity index is 525. The van der Waals surface area contributed by atoms with Crippen LogP contribution in [0.4, 0.5) is 0 Å². The van der Waals surface area contributed by atoms with Crippen molar-refractivity contribution < 1.29 is 4.74 Å². The van der Waals surface area contributed by atoms with Gasteiger partial charge >= 0.3 is 0 Å². The molecule has 3 nitrogen and oxygen atoms in total. The number of piperazine rings is 1. The largest absolute Gasteiger partial charge is 0.371 e. The molecule has 1 heterocycles. The second kappa shape index (κ2) is 8.20. The molecule has 1 aliphatic heterocycles. The molecule has 0 aliphatic carbocycles. The zero-order chi connectivity index (χ0) is 18.7. The van der Waals surface area contributed by atoms with Gasteiger partial charge in [-0.2, -0.15) is 0 Å². The minimum atomic E-state index is -0.236. The van der Waals surface area contributed by atoms with Crippen LogP contribution in [0.5, 0.6) is 0 Å². The predicted molar refractivity (Wildman–Crippen MR) is 107 cm³/mol. The Kier molecular flexibility index (Phi) is 6.69. The summed E-state index contributed by atoms with van der Waals surface area (Å²) in [5.74, 6) is 0. The van der Waals surface area contributed by atoms with Crippen LogP contribution in [0.1, 0.15) is 59.1 Å². The van der Waals surface area contributed by atoms with Crippen molar-refractivity contribution in [3.05, 3.63) is 35.4 Å². The Morgan fingerprint density at radius 2 is 1.52 bits per heavy atom. The van der Waals surface area contributed by atoms with Crippen molar-refractivity contribution in [2.24, 2.45) is 0 Å². The van der Waals surface area contributed by atoms with Crippen molar-refractivity contribution in [3.8, 4) is 0 Å². The van der Waals surface area contributed by atoms with Gasteiger partial charge in [-0.15, -0.1) is 0 Å². The Hall–Kier alpha value is -0.900. The van der Waals surface area contributed by atoms with Crippen LogP contribution in [-0.4, -0.2) is 54.2 Å². The van der Waals surface area contributed by atoms with Crippen LogP contribution in [0.15, 0.2) is 24.3 Å². The summed E-state index contributed by atoms with van der Waals surface area (Å²) in [5, 5.41) is 0. The van der Waals surface area contributed by atoms with Crippen LogP contribution < -0.4 is 0 Å². The lowest BCUT2D eigenvalue weighted by molar-refractivity contribution is -0.0460. The zero-order valence-electron chi connectivity index (χ0n) is 17.4. The van der Waals surface area contributed by atoms with E-state index in [2.05, 4.69) is 82.5 Å². The van der Waals surface area contributed by atoms with E-state index in [4.69, 9.17) is 4.74 Å². The van der Waals surface area contributed by atoms with Crippen molar-refractivity contribution in [2.75, 3.05) is 32.8 Å². The van der Waals surface area contributed by atoms with E-state index in [9.17, 15) is 0 Å². The number of hydrogen-bond acceptors (Lipinski definition) is 3. The lowest BCUT2D eigenvalue weighted by Gasteiger charge is -2.45. The standard InChI is InChI=1S/C22H38N2O/c1-18(2)23-13-15-24(16-14-23)21(4,5)12-17-25-22(6,7)20-10-8-19(3)9-11-20/h8-11,18H,12-17H2,1-7H3. The number of ether oxygens (including phenoxy) is 1. The molecule has 142 valence electrons. The van der Waals surface area contributed by atoms with Gasteiger partial charge in [-0.25, -0.2) is 0 Å². The third kappa shape index (κ3) is 5.54. The molecule has 1 aliphatic rings. The van der Waals surface area contributed by atoms with E-state index in [0.717, 1.165) is 26.1 Å². The molecular formula is C22H38N2O. The molecule has 0 radical (unpaired) electrons. The Balaban J connectivity index is 1.84. The first-order valence-electron chi connectivity index (χ1n) is 9.82. The number of rotatable bonds is 7.